The van der Waals surface area contributed by atoms with Crippen molar-refractivity contribution in [3.63, 3.8) is 0 Å². The van der Waals surface area contributed by atoms with Gasteiger partial charge in [-0.25, -0.2) is 4.39 Å². The summed E-state index contributed by atoms with van der Waals surface area (Å²) in [7, 11) is 0. The molecule has 0 saturated carbocycles. The molecule has 2 rings (SSSR count). The van der Waals surface area contributed by atoms with Crippen LogP contribution in [0.5, 0.6) is 5.75 Å². The molecule has 88 valence electrons. The van der Waals surface area contributed by atoms with E-state index in [0.717, 1.165) is 15.7 Å². The monoisotopic (exact) mass is 295 g/mol. The van der Waals surface area contributed by atoms with E-state index in [2.05, 4.69) is 21.2 Å². The fourth-order valence-corrected chi connectivity index (χ4v) is 1.93. The number of halogens is 2. The minimum absolute atomic E-state index is 0.235. The fourth-order valence-electron chi connectivity index (χ4n) is 1.44. The van der Waals surface area contributed by atoms with Crippen LogP contribution in [0.1, 0.15) is 5.56 Å². The van der Waals surface area contributed by atoms with Gasteiger partial charge in [0.2, 0.25) is 0 Å². The molecule has 0 unspecified atom stereocenters. The van der Waals surface area contributed by atoms with Gasteiger partial charge in [0.1, 0.15) is 11.6 Å². The summed E-state index contributed by atoms with van der Waals surface area (Å²) in [5.74, 6) is -0.0243. The summed E-state index contributed by atoms with van der Waals surface area (Å²) >= 11 is 3.31. The second-order valence-electron chi connectivity index (χ2n) is 3.64. The first-order chi connectivity index (χ1) is 8.15. The zero-order valence-electron chi connectivity index (χ0n) is 8.95. The molecular formula is C13H11BrFNO. The summed E-state index contributed by atoms with van der Waals surface area (Å²) in [6, 6.07) is 11.4. The summed E-state index contributed by atoms with van der Waals surface area (Å²) in [6.45, 7) is 0.589. The van der Waals surface area contributed by atoms with E-state index in [9.17, 15) is 4.39 Å². The molecular weight excluding hydrogens is 285 g/mol. The Balaban J connectivity index is 2.04. The maximum atomic E-state index is 12.9. The molecule has 17 heavy (non-hydrogen) atoms. The molecule has 2 nitrogen and oxygen atoms in total. The highest BCUT2D eigenvalue weighted by atomic mass is 79.9. The number of phenols is 1. The van der Waals surface area contributed by atoms with Crippen molar-refractivity contribution in [2.75, 3.05) is 5.32 Å². The van der Waals surface area contributed by atoms with Crippen LogP contribution >= 0.6 is 15.9 Å². The predicted octanol–water partition coefficient (Wildman–Crippen LogP) is 3.91. The zero-order valence-corrected chi connectivity index (χ0v) is 10.5. The molecule has 0 amide bonds. The Morgan fingerprint density at radius 2 is 1.82 bits per heavy atom. The molecule has 2 aromatic rings. The molecule has 0 heterocycles. The molecule has 0 fully saturated rings. The summed E-state index contributed by atoms with van der Waals surface area (Å²) in [5.41, 5.74) is 1.87. The van der Waals surface area contributed by atoms with Gasteiger partial charge in [0, 0.05) is 16.7 Å². The van der Waals surface area contributed by atoms with Gasteiger partial charge >= 0.3 is 0 Å². The first-order valence-corrected chi connectivity index (χ1v) is 5.91. The van der Waals surface area contributed by atoms with Crippen LogP contribution in [0.4, 0.5) is 10.1 Å². The number of rotatable bonds is 3. The molecule has 0 spiro atoms. The predicted molar refractivity (Wildman–Crippen MR) is 69.5 cm³/mol. The standard InChI is InChI=1S/C13H11BrFNO/c14-13-7-10(15)2-1-9(13)8-16-11-3-5-12(17)6-4-11/h1-7,16-17H,8H2. The van der Waals surface area contributed by atoms with Gasteiger partial charge in [-0.05, 0) is 42.0 Å². The second-order valence-corrected chi connectivity index (χ2v) is 4.49. The van der Waals surface area contributed by atoms with Crippen molar-refractivity contribution in [3.05, 3.63) is 58.3 Å². The number of phenolic OH excluding ortho intramolecular Hbond substituents is 1. The van der Waals surface area contributed by atoms with E-state index in [1.54, 1.807) is 30.3 Å². The van der Waals surface area contributed by atoms with E-state index in [1.807, 2.05) is 0 Å². The van der Waals surface area contributed by atoms with E-state index in [0.29, 0.717) is 6.54 Å². The highest BCUT2D eigenvalue weighted by molar-refractivity contribution is 9.10. The Morgan fingerprint density at radius 1 is 1.12 bits per heavy atom. The van der Waals surface area contributed by atoms with Crippen LogP contribution in [0, 0.1) is 5.82 Å². The van der Waals surface area contributed by atoms with Crippen LogP contribution in [0.2, 0.25) is 0 Å². The van der Waals surface area contributed by atoms with Gasteiger partial charge in [0.05, 0.1) is 0 Å². The lowest BCUT2D eigenvalue weighted by molar-refractivity contribution is 0.475. The number of hydrogen-bond acceptors (Lipinski definition) is 2. The van der Waals surface area contributed by atoms with E-state index in [4.69, 9.17) is 5.11 Å². The van der Waals surface area contributed by atoms with E-state index >= 15 is 0 Å². The molecule has 2 N–H and O–H groups in total. The highest BCUT2D eigenvalue weighted by Crippen LogP contribution is 2.20. The summed E-state index contributed by atoms with van der Waals surface area (Å²) in [5, 5.41) is 12.3. The van der Waals surface area contributed by atoms with Crippen molar-refractivity contribution in [1.29, 1.82) is 0 Å². The van der Waals surface area contributed by atoms with Crippen LogP contribution in [-0.2, 0) is 6.54 Å². The average molecular weight is 296 g/mol. The van der Waals surface area contributed by atoms with Crippen molar-refractivity contribution >= 4 is 21.6 Å². The second kappa shape index (κ2) is 5.19. The Morgan fingerprint density at radius 3 is 2.47 bits per heavy atom. The lowest BCUT2D eigenvalue weighted by Crippen LogP contribution is -2.00. The van der Waals surface area contributed by atoms with E-state index < -0.39 is 0 Å². The molecule has 0 radical (unpaired) electrons. The van der Waals surface area contributed by atoms with E-state index in [-0.39, 0.29) is 11.6 Å². The normalized spacial score (nSPS) is 10.2. The lowest BCUT2D eigenvalue weighted by Gasteiger charge is -2.08. The quantitative estimate of drug-likeness (QED) is 0.842. The van der Waals surface area contributed by atoms with Crippen molar-refractivity contribution in [2.24, 2.45) is 0 Å². The first-order valence-electron chi connectivity index (χ1n) is 5.12. The number of anilines is 1. The molecule has 0 aliphatic carbocycles. The third kappa shape index (κ3) is 3.20. The minimum Gasteiger partial charge on any atom is -0.508 e. The topological polar surface area (TPSA) is 32.3 Å². The van der Waals surface area contributed by atoms with Gasteiger partial charge in [-0.2, -0.15) is 0 Å². The summed E-state index contributed by atoms with van der Waals surface area (Å²) < 4.78 is 13.6. The van der Waals surface area contributed by atoms with Crippen molar-refractivity contribution in [3.8, 4) is 5.75 Å². The molecule has 4 heteroatoms. The van der Waals surface area contributed by atoms with Crippen LogP contribution in [0.15, 0.2) is 46.9 Å². The molecule has 0 aliphatic heterocycles. The summed E-state index contributed by atoms with van der Waals surface area (Å²) in [4.78, 5) is 0. The van der Waals surface area contributed by atoms with Gasteiger partial charge < -0.3 is 10.4 Å². The SMILES string of the molecule is Oc1ccc(NCc2ccc(F)cc2Br)cc1. The zero-order chi connectivity index (χ0) is 12.3. The number of aromatic hydroxyl groups is 1. The molecule has 0 bridgehead atoms. The molecule has 0 aliphatic rings. The number of benzene rings is 2. The Bertz CT molecular complexity index is 513. The third-order valence-corrected chi connectivity index (χ3v) is 3.10. The van der Waals surface area contributed by atoms with Gasteiger partial charge in [0.25, 0.3) is 0 Å². The molecule has 0 saturated heterocycles. The Kier molecular flexibility index (Phi) is 3.64. The van der Waals surface area contributed by atoms with Crippen LogP contribution in [-0.4, -0.2) is 5.11 Å². The van der Waals surface area contributed by atoms with Crippen molar-refractivity contribution in [1.82, 2.24) is 0 Å². The molecule has 0 aromatic heterocycles. The van der Waals surface area contributed by atoms with Gasteiger partial charge in [-0.3, -0.25) is 0 Å². The van der Waals surface area contributed by atoms with Gasteiger partial charge in [0.15, 0.2) is 0 Å². The highest BCUT2D eigenvalue weighted by Gasteiger charge is 2.01. The lowest BCUT2D eigenvalue weighted by atomic mass is 10.2. The number of hydrogen-bond donors (Lipinski definition) is 2. The maximum Gasteiger partial charge on any atom is 0.124 e. The maximum absolute atomic E-state index is 12.9. The Labute approximate surface area is 107 Å². The van der Waals surface area contributed by atoms with Crippen LogP contribution in [0.3, 0.4) is 0 Å². The van der Waals surface area contributed by atoms with Crippen LogP contribution in [0.25, 0.3) is 0 Å². The Hall–Kier alpha value is -1.55. The van der Waals surface area contributed by atoms with Crippen molar-refractivity contribution in [2.45, 2.75) is 6.54 Å². The molecule has 0 atom stereocenters. The van der Waals surface area contributed by atoms with Crippen LogP contribution < -0.4 is 5.32 Å². The average Bonchev–Trinajstić information content (AvgIpc) is 2.30. The minimum atomic E-state index is -0.259. The summed E-state index contributed by atoms with van der Waals surface area (Å²) in [6.07, 6.45) is 0. The van der Waals surface area contributed by atoms with Gasteiger partial charge in [-0.1, -0.05) is 22.0 Å². The largest absolute Gasteiger partial charge is 0.508 e. The third-order valence-electron chi connectivity index (χ3n) is 2.37. The van der Waals surface area contributed by atoms with Crippen molar-refractivity contribution < 1.29 is 9.50 Å². The molecule has 2 aromatic carbocycles. The van der Waals surface area contributed by atoms with E-state index in [1.165, 1.54) is 12.1 Å². The fraction of sp³-hybridized carbons (Fsp3) is 0.0769. The smallest absolute Gasteiger partial charge is 0.124 e. The van der Waals surface area contributed by atoms with Gasteiger partial charge in [-0.15, -0.1) is 0 Å². The number of nitrogens with one attached hydrogen (secondary N) is 1. The first kappa shape index (κ1) is 11.9.